The molecule has 1 aromatic carbocycles. The molecule has 2 aromatic heterocycles. The molecule has 1 aliphatic rings. The molecule has 0 amide bonds. The van der Waals surface area contributed by atoms with Crippen molar-refractivity contribution in [2.45, 2.75) is 58.3 Å². The lowest BCUT2D eigenvalue weighted by atomic mass is 9.73. The Kier molecular flexibility index (Phi) is 4.51. The van der Waals surface area contributed by atoms with Crippen LogP contribution in [0.25, 0.3) is 10.9 Å². The molecule has 1 atom stereocenters. The Morgan fingerprint density at radius 2 is 1.88 bits per heavy atom. The molecule has 1 aliphatic carbocycles. The second kappa shape index (κ2) is 6.82. The third-order valence-corrected chi connectivity index (χ3v) is 6.23. The SMILES string of the molecule is Cc1nc(C(C)C2CCC(c3ccnc4ccc(F)cc34)CC2)[nH]c1C. The van der Waals surface area contributed by atoms with Crippen molar-refractivity contribution in [2.24, 2.45) is 5.92 Å². The van der Waals surface area contributed by atoms with E-state index in [0.29, 0.717) is 17.8 Å². The fraction of sp³-hybridized carbons (Fsp3) is 0.455. The monoisotopic (exact) mass is 351 g/mol. The molecule has 0 radical (unpaired) electrons. The van der Waals surface area contributed by atoms with Crippen molar-refractivity contribution in [3.05, 3.63) is 59.1 Å². The van der Waals surface area contributed by atoms with E-state index in [4.69, 9.17) is 4.98 Å². The fourth-order valence-electron chi connectivity index (χ4n) is 4.44. The third kappa shape index (κ3) is 3.13. The van der Waals surface area contributed by atoms with Crippen molar-refractivity contribution in [2.75, 3.05) is 0 Å². The van der Waals surface area contributed by atoms with Gasteiger partial charge in [0.15, 0.2) is 0 Å². The minimum atomic E-state index is -0.183. The predicted octanol–water partition coefficient (Wildman–Crippen LogP) is 5.79. The second-order valence-corrected chi connectivity index (χ2v) is 7.79. The summed E-state index contributed by atoms with van der Waals surface area (Å²) < 4.78 is 13.7. The van der Waals surface area contributed by atoms with Gasteiger partial charge in [-0.3, -0.25) is 4.98 Å². The number of benzene rings is 1. The number of hydrogen-bond acceptors (Lipinski definition) is 2. The van der Waals surface area contributed by atoms with E-state index in [0.717, 1.165) is 35.3 Å². The Hall–Kier alpha value is -2.23. The maximum absolute atomic E-state index is 13.7. The summed E-state index contributed by atoms with van der Waals surface area (Å²) in [5, 5.41) is 0.973. The van der Waals surface area contributed by atoms with Crippen LogP contribution in [0.3, 0.4) is 0 Å². The molecule has 0 saturated heterocycles. The number of fused-ring (bicyclic) bond motifs is 1. The van der Waals surface area contributed by atoms with Crippen LogP contribution < -0.4 is 0 Å². The highest BCUT2D eigenvalue weighted by Crippen LogP contribution is 2.42. The minimum Gasteiger partial charge on any atom is -0.346 e. The Morgan fingerprint density at radius 1 is 1.12 bits per heavy atom. The van der Waals surface area contributed by atoms with Crippen LogP contribution in [0.15, 0.2) is 30.5 Å². The van der Waals surface area contributed by atoms with Gasteiger partial charge in [0.1, 0.15) is 11.6 Å². The summed E-state index contributed by atoms with van der Waals surface area (Å²) in [7, 11) is 0. The standard InChI is InChI=1S/C22H26FN3/c1-13(22-25-14(2)15(3)26-22)16-4-6-17(7-5-16)19-10-11-24-21-9-8-18(23)12-20(19)21/h8-13,16-17H,4-7H2,1-3H3,(H,25,26). The van der Waals surface area contributed by atoms with Gasteiger partial charge in [-0.2, -0.15) is 0 Å². The number of aromatic nitrogens is 3. The Labute approximate surface area is 154 Å². The van der Waals surface area contributed by atoms with Gasteiger partial charge in [0.2, 0.25) is 0 Å². The average molecular weight is 351 g/mol. The summed E-state index contributed by atoms with van der Waals surface area (Å²) in [5.41, 5.74) is 4.42. The summed E-state index contributed by atoms with van der Waals surface area (Å²) in [6.07, 6.45) is 6.51. The molecular weight excluding hydrogens is 325 g/mol. The number of imidazole rings is 1. The van der Waals surface area contributed by atoms with Crippen LogP contribution in [0, 0.1) is 25.6 Å². The zero-order valence-electron chi connectivity index (χ0n) is 15.7. The number of pyridine rings is 1. The first-order chi connectivity index (χ1) is 12.5. The quantitative estimate of drug-likeness (QED) is 0.649. The molecule has 4 rings (SSSR count). The van der Waals surface area contributed by atoms with E-state index < -0.39 is 0 Å². The molecule has 26 heavy (non-hydrogen) atoms. The molecular formula is C22H26FN3. The van der Waals surface area contributed by atoms with Crippen LogP contribution in [0.2, 0.25) is 0 Å². The number of hydrogen-bond donors (Lipinski definition) is 1. The number of H-pyrrole nitrogens is 1. The molecule has 136 valence electrons. The van der Waals surface area contributed by atoms with Gasteiger partial charge in [-0.15, -0.1) is 0 Å². The third-order valence-electron chi connectivity index (χ3n) is 6.23. The van der Waals surface area contributed by atoms with E-state index in [9.17, 15) is 4.39 Å². The van der Waals surface area contributed by atoms with Crippen molar-refractivity contribution in [3.8, 4) is 0 Å². The molecule has 1 unspecified atom stereocenters. The number of aromatic amines is 1. The van der Waals surface area contributed by atoms with E-state index in [1.54, 1.807) is 12.1 Å². The zero-order chi connectivity index (χ0) is 18.3. The second-order valence-electron chi connectivity index (χ2n) is 7.79. The van der Waals surface area contributed by atoms with Crippen molar-refractivity contribution >= 4 is 10.9 Å². The first-order valence-corrected chi connectivity index (χ1v) is 9.60. The molecule has 1 saturated carbocycles. The first kappa shape index (κ1) is 17.2. The highest BCUT2D eigenvalue weighted by molar-refractivity contribution is 5.82. The number of nitrogens with one attached hydrogen (secondary N) is 1. The van der Waals surface area contributed by atoms with Crippen molar-refractivity contribution in [3.63, 3.8) is 0 Å². The molecule has 2 heterocycles. The normalized spacial score (nSPS) is 21.8. The topological polar surface area (TPSA) is 41.6 Å². The molecule has 1 N–H and O–H groups in total. The number of nitrogens with zero attached hydrogens (tertiary/aromatic N) is 2. The number of rotatable bonds is 3. The Balaban J connectivity index is 1.51. The van der Waals surface area contributed by atoms with E-state index in [1.165, 1.54) is 30.2 Å². The van der Waals surface area contributed by atoms with Gasteiger partial charge in [-0.25, -0.2) is 9.37 Å². The maximum Gasteiger partial charge on any atom is 0.123 e. The van der Waals surface area contributed by atoms with E-state index in [1.807, 2.05) is 6.20 Å². The smallest absolute Gasteiger partial charge is 0.123 e. The predicted molar refractivity (Wildman–Crippen MR) is 103 cm³/mol. The molecule has 0 aliphatic heterocycles. The van der Waals surface area contributed by atoms with Gasteiger partial charge in [-0.1, -0.05) is 6.92 Å². The summed E-state index contributed by atoms with van der Waals surface area (Å²) in [5.74, 6) is 2.54. The summed E-state index contributed by atoms with van der Waals surface area (Å²) in [6, 6.07) is 6.99. The van der Waals surface area contributed by atoms with Gasteiger partial charge in [0.05, 0.1) is 11.2 Å². The lowest BCUT2D eigenvalue weighted by molar-refractivity contribution is 0.286. The molecule has 3 aromatic rings. The van der Waals surface area contributed by atoms with E-state index in [-0.39, 0.29) is 5.82 Å². The zero-order valence-corrected chi connectivity index (χ0v) is 15.7. The van der Waals surface area contributed by atoms with Gasteiger partial charge < -0.3 is 4.98 Å². The van der Waals surface area contributed by atoms with Gasteiger partial charge in [0.25, 0.3) is 0 Å². The van der Waals surface area contributed by atoms with Crippen LogP contribution in [-0.4, -0.2) is 15.0 Å². The number of aryl methyl sites for hydroxylation is 2. The summed E-state index contributed by atoms with van der Waals surface area (Å²) in [6.45, 7) is 6.44. The lowest BCUT2D eigenvalue weighted by Crippen LogP contribution is -2.19. The summed E-state index contributed by atoms with van der Waals surface area (Å²) in [4.78, 5) is 12.6. The van der Waals surface area contributed by atoms with Gasteiger partial charge >= 0.3 is 0 Å². The van der Waals surface area contributed by atoms with Crippen LogP contribution in [0.1, 0.15) is 67.2 Å². The Morgan fingerprint density at radius 3 is 2.58 bits per heavy atom. The van der Waals surface area contributed by atoms with Crippen molar-refractivity contribution in [1.29, 1.82) is 0 Å². The highest BCUT2D eigenvalue weighted by atomic mass is 19.1. The maximum atomic E-state index is 13.7. The number of halogens is 1. The van der Waals surface area contributed by atoms with E-state index in [2.05, 4.69) is 36.8 Å². The molecule has 0 spiro atoms. The molecule has 3 nitrogen and oxygen atoms in total. The lowest BCUT2D eigenvalue weighted by Gasteiger charge is -2.32. The van der Waals surface area contributed by atoms with Crippen molar-refractivity contribution < 1.29 is 4.39 Å². The fourth-order valence-corrected chi connectivity index (χ4v) is 4.44. The van der Waals surface area contributed by atoms with Gasteiger partial charge in [0, 0.05) is 23.2 Å². The highest BCUT2D eigenvalue weighted by Gasteiger charge is 2.29. The van der Waals surface area contributed by atoms with Gasteiger partial charge in [-0.05, 0) is 81.2 Å². The Bertz CT molecular complexity index is 903. The average Bonchev–Trinajstić information content (AvgIpc) is 2.99. The van der Waals surface area contributed by atoms with E-state index >= 15 is 0 Å². The van der Waals surface area contributed by atoms with Crippen LogP contribution in [0.5, 0.6) is 0 Å². The first-order valence-electron chi connectivity index (χ1n) is 9.60. The van der Waals surface area contributed by atoms with Crippen LogP contribution in [0.4, 0.5) is 4.39 Å². The molecule has 0 bridgehead atoms. The van der Waals surface area contributed by atoms with Crippen LogP contribution >= 0.6 is 0 Å². The minimum absolute atomic E-state index is 0.183. The molecule has 4 heteroatoms. The van der Waals surface area contributed by atoms with Crippen molar-refractivity contribution in [1.82, 2.24) is 15.0 Å². The summed E-state index contributed by atoms with van der Waals surface area (Å²) >= 11 is 0. The van der Waals surface area contributed by atoms with Crippen LogP contribution in [-0.2, 0) is 0 Å². The molecule has 1 fully saturated rings. The largest absolute Gasteiger partial charge is 0.346 e.